The van der Waals surface area contributed by atoms with Crippen molar-refractivity contribution < 1.29 is 17.9 Å². The Morgan fingerprint density at radius 2 is 1.88 bits per heavy atom. The van der Waals surface area contributed by atoms with Gasteiger partial charge in [-0.15, -0.1) is 13.2 Å². The Bertz CT molecular complexity index is 909. The van der Waals surface area contributed by atoms with E-state index < -0.39 is 6.36 Å². The standard InChI is InChI=1S/C17H12ClF3N4O/c18-10-1-6-14-13(9-10)24-15(16-22-7-8-25(14)16)23-11-2-4-12(5-3-11)26-17(19,20)21/h1-6,9H,7-8H2,(H,23,24). The van der Waals surface area contributed by atoms with Crippen molar-refractivity contribution in [2.24, 2.45) is 9.98 Å². The first kappa shape index (κ1) is 16.7. The van der Waals surface area contributed by atoms with Gasteiger partial charge in [0.05, 0.1) is 17.9 Å². The summed E-state index contributed by atoms with van der Waals surface area (Å²) in [5.74, 6) is 0.919. The molecule has 2 aromatic rings. The molecule has 4 rings (SSSR count). The maximum atomic E-state index is 12.2. The van der Waals surface area contributed by atoms with Gasteiger partial charge in [0.15, 0.2) is 11.7 Å². The number of anilines is 2. The Morgan fingerprint density at radius 3 is 2.62 bits per heavy atom. The zero-order valence-electron chi connectivity index (χ0n) is 13.2. The maximum absolute atomic E-state index is 12.2. The maximum Gasteiger partial charge on any atom is 0.573 e. The van der Waals surface area contributed by atoms with Gasteiger partial charge >= 0.3 is 6.36 Å². The predicted octanol–water partition coefficient (Wildman–Crippen LogP) is 4.61. The topological polar surface area (TPSA) is 49.2 Å². The molecule has 1 N–H and O–H groups in total. The second kappa shape index (κ2) is 6.21. The molecule has 134 valence electrons. The molecule has 9 heteroatoms. The molecule has 2 aliphatic rings. The molecular weight excluding hydrogens is 369 g/mol. The highest BCUT2D eigenvalue weighted by Crippen LogP contribution is 2.36. The summed E-state index contributed by atoms with van der Waals surface area (Å²) >= 11 is 6.05. The van der Waals surface area contributed by atoms with E-state index in [2.05, 4.69) is 20.0 Å². The number of fused-ring (bicyclic) bond motifs is 3. The second-order valence-corrected chi connectivity index (χ2v) is 6.08. The summed E-state index contributed by atoms with van der Waals surface area (Å²) in [6, 6.07) is 10.9. The summed E-state index contributed by atoms with van der Waals surface area (Å²) in [5.41, 5.74) is 2.20. The molecule has 0 saturated carbocycles. The van der Waals surface area contributed by atoms with Crippen LogP contribution in [0.5, 0.6) is 5.75 Å². The SMILES string of the molecule is FC(F)(F)Oc1ccc(NC2=Nc3cc(Cl)ccc3N3CCN=C23)cc1. The van der Waals surface area contributed by atoms with Gasteiger partial charge in [0.25, 0.3) is 0 Å². The van der Waals surface area contributed by atoms with E-state index in [0.29, 0.717) is 34.6 Å². The van der Waals surface area contributed by atoms with Crippen LogP contribution < -0.4 is 15.0 Å². The van der Waals surface area contributed by atoms with Crippen LogP contribution in [-0.4, -0.2) is 31.1 Å². The Labute approximate surface area is 151 Å². The second-order valence-electron chi connectivity index (χ2n) is 5.65. The minimum atomic E-state index is -4.72. The minimum Gasteiger partial charge on any atom is -0.406 e. The van der Waals surface area contributed by atoms with Gasteiger partial charge in [0.2, 0.25) is 0 Å². The first-order valence-electron chi connectivity index (χ1n) is 7.72. The molecule has 0 aliphatic carbocycles. The molecule has 5 nitrogen and oxygen atoms in total. The van der Waals surface area contributed by atoms with Gasteiger partial charge in [-0.25, -0.2) is 4.99 Å². The molecule has 2 aromatic carbocycles. The van der Waals surface area contributed by atoms with Crippen LogP contribution in [0.2, 0.25) is 5.02 Å². The molecule has 0 unspecified atom stereocenters. The summed E-state index contributed by atoms with van der Waals surface area (Å²) in [6.45, 7) is 1.36. The number of hydrogen-bond donors (Lipinski definition) is 1. The van der Waals surface area contributed by atoms with Gasteiger partial charge in [-0.2, -0.15) is 0 Å². The largest absolute Gasteiger partial charge is 0.573 e. The molecule has 0 radical (unpaired) electrons. The normalized spacial score (nSPS) is 15.8. The van der Waals surface area contributed by atoms with E-state index in [-0.39, 0.29) is 5.75 Å². The first-order valence-corrected chi connectivity index (χ1v) is 8.10. The summed E-state index contributed by atoms with van der Waals surface area (Å²) in [6.07, 6.45) is -4.72. The number of rotatable bonds is 2. The zero-order chi connectivity index (χ0) is 18.3. The van der Waals surface area contributed by atoms with E-state index in [1.165, 1.54) is 24.3 Å². The third-order valence-electron chi connectivity index (χ3n) is 3.86. The predicted molar refractivity (Wildman–Crippen MR) is 94.9 cm³/mol. The average molecular weight is 381 g/mol. The fourth-order valence-corrected chi connectivity index (χ4v) is 3.00. The Morgan fingerprint density at radius 1 is 1.12 bits per heavy atom. The number of ether oxygens (including phenoxy) is 1. The molecule has 0 fully saturated rings. The van der Waals surface area contributed by atoms with Gasteiger partial charge < -0.3 is 15.0 Å². The molecule has 0 atom stereocenters. The van der Waals surface area contributed by atoms with Crippen molar-refractivity contribution >= 4 is 40.3 Å². The number of nitrogens with one attached hydrogen (secondary N) is 1. The highest BCUT2D eigenvalue weighted by atomic mass is 35.5. The number of nitrogens with zero attached hydrogens (tertiary/aromatic N) is 3. The number of halogens is 4. The zero-order valence-corrected chi connectivity index (χ0v) is 14.0. The molecular formula is C17H12ClF3N4O. The number of hydrogen-bond acceptors (Lipinski definition) is 5. The van der Waals surface area contributed by atoms with Crippen LogP contribution in [0.25, 0.3) is 0 Å². The molecule has 2 heterocycles. The smallest absolute Gasteiger partial charge is 0.406 e. The molecule has 0 saturated heterocycles. The van der Waals surface area contributed by atoms with Crippen molar-refractivity contribution in [1.82, 2.24) is 0 Å². The lowest BCUT2D eigenvalue weighted by atomic mass is 10.2. The lowest BCUT2D eigenvalue weighted by Crippen LogP contribution is -2.39. The number of aliphatic imine (C=N–C) groups is 2. The van der Waals surface area contributed by atoms with Gasteiger partial charge in [-0.3, -0.25) is 4.99 Å². The first-order chi connectivity index (χ1) is 12.4. The summed E-state index contributed by atoms with van der Waals surface area (Å²) < 4.78 is 40.6. The third kappa shape index (κ3) is 3.32. The van der Waals surface area contributed by atoms with Gasteiger partial charge in [0, 0.05) is 17.3 Å². The van der Waals surface area contributed by atoms with Crippen molar-refractivity contribution in [3.63, 3.8) is 0 Å². The molecule has 0 bridgehead atoms. The van der Waals surface area contributed by atoms with Crippen molar-refractivity contribution in [2.75, 3.05) is 23.3 Å². The molecule has 0 amide bonds. The van der Waals surface area contributed by atoms with Crippen LogP contribution in [0.1, 0.15) is 0 Å². The van der Waals surface area contributed by atoms with Crippen LogP contribution in [-0.2, 0) is 0 Å². The van der Waals surface area contributed by atoms with Crippen molar-refractivity contribution in [3.8, 4) is 5.75 Å². The Balaban J connectivity index is 1.61. The van der Waals surface area contributed by atoms with Crippen LogP contribution in [0.4, 0.5) is 30.2 Å². The lowest BCUT2D eigenvalue weighted by molar-refractivity contribution is -0.274. The fraction of sp³-hybridized carbons (Fsp3) is 0.176. The quantitative estimate of drug-likeness (QED) is 0.827. The Hall–Kier alpha value is -2.74. The molecule has 0 spiro atoms. The van der Waals surface area contributed by atoms with Gasteiger partial charge in [-0.05, 0) is 42.5 Å². The number of benzene rings is 2. The van der Waals surface area contributed by atoms with Gasteiger partial charge in [0.1, 0.15) is 5.75 Å². The van der Waals surface area contributed by atoms with E-state index in [1.54, 1.807) is 12.1 Å². The minimum absolute atomic E-state index is 0.286. The van der Waals surface area contributed by atoms with Crippen LogP contribution in [0.15, 0.2) is 52.4 Å². The van der Waals surface area contributed by atoms with Crippen molar-refractivity contribution in [1.29, 1.82) is 0 Å². The van der Waals surface area contributed by atoms with E-state index >= 15 is 0 Å². The molecule has 0 aromatic heterocycles. The van der Waals surface area contributed by atoms with E-state index in [4.69, 9.17) is 11.6 Å². The van der Waals surface area contributed by atoms with Gasteiger partial charge in [-0.1, -0.05) is 11.6 Å². The van der Waals surface area contributed by atoms with E-state index in [0.717, 1.165) is 12.2 Å². The van der Waals surface area contributed by atoms with Crippen molar-refractivity contribution in [3.05, 3.63) is 47.5 Å². The third-order valence-corrected chi connectivity index (χ3v) is 4.10. The highest BCUT2D eigenvalue weighted by molar-refractivity contribution is 6.51. The van der Waals surface area contributed by atoms with E-state index in [9.17, 15) is 13.2 Å². The lowest BCUT2D eigenvalue weighted by Gasteiger charge is -2.27. The summed E-state index contributed by atoms with van der Waals surface area (Å²) in [7, 11) is 0. The summed E-state index contributed by atoms with van der Waals surface area (Å²) in [4.78, 5) is 11.1. The average Bonchev–Trinajstić information content (AvgIpc) is 3.05. The summed E-state index contributed by atoms with van der Waals surface area (Å²) in [5, 5.41) is 3.67. The number of amidine groups is 2. The van der Waals surface area contributed by atoms with Crippen LogP contribution in [0, 0.1) is 0 Å². The fourth-order valence-electron chi connectivity index (χ4n) is 2.83. The molecule has 2 aliphatic heterocycles. The monoisotopic (exact) mass is 380 g/mol. The number of alkyl halides is 3. The van der Waals surface area contributed by atoms with Crippen LogP contribution >= 0.6 is 11.6 Å². The van der Waals surface area contributed by atoms with Crippen LogP contribution in [0.3, 0.4) is 0 Å². The molecule has 26 heavy (non-hydrogen) atoms. The van der Waals surface area contributed by atoms with E-state index in [1.807, 2.05) is 11.0 Å². The highest BCUT2D eigenvalue weighted by Gasteiger charge is 2.31. The van der Waals surface area contributed by atoms with Crippen molar-refractivity contribution in [2.45, 2.75) is 6.36 Å². The Kier molecular flexibility index (Phi) is 3.99.